The zero-order valence-electron chi connectivity index (χ0n) is 21.6. The Morgan fingerprint density at radius 2 is 0.879 bits per heavy atom. The molecule has 1 aliphatic rings. The molecule has 4 rings (SSSR count). The van der Waals surface area contributed by atoms with E-state index in [1.807, 2.05) is 0 Å². The molecule has 170 valence electrons. The molecule has 0 amide bonds. The maximum Gasteiger partial charge on any atom is 0.0670 e. The summed E-state index contributed by atoms with van der Waals surface area (Å²) in [6, 6.07) is 21.4. The van der Waals surface area contributed by atoms with E-state index in [0.717, 1.165) is 6.42 Å². The van der Waals surface area contributed by atoms with Gasteiger partial charge >= 0.3 is 0 Å². The minimum Gasteiger partial charge on any atom is -0.0801 e. The number of benzene rings is 3. The third-order valence-electron chi connectivity index (χ3n) is 7.01. The van der Waals surface area contributed by atoms with Gasteiger partial charge in [-0.15, -0.1) is 0 Å². The lowest BCUT2D eigenvalue weighted by atomic mass is 9.62. The Balaban J connectivity index is 2.25. The number of aryl methyl sites for hydroxylation is 6. The van der Waals surface area contributed by atoms with Crippen LogP contribution in [0.25, 0.3) is 0 Å². The second kappa shape index (κ2) is 8.82. The molecule has 3 aromatic rings. The fourth-order valence-corrected chi connectivity index (χ4v) is 6.03. The molecule has 0 atom stereocenters. The molecular formula is C33H38. The summed E-state index contributed by atoms with van der Waals surface area (Å²) in [5.41, 5.74) is 14.7. The first kappa shape index (κ1) is 23.3. The van der Waals surface area contributed by atoms with E-state index in [9.17, 15) is 0 Å². The molecule has 33 heavy (non-hydrogen) atoms. The van der Waals surface area contributed by atoms with Crippen molar-refractivity contribution in [2.75, 3.05) is 0 Å². The summed E-state index contributed by atoms with van der Waals surface area (Å²) in [6.07, 6.45) is 5.73. The molecule has 0 nitrogen and oxygen atoms in total. The molecule has 1 aliphatic carbocycles. The molecule has 3 aromatic carbocycles. The number of hydrogen-bond acceptors (Lipinski definition) is 0. The third kappa shape index (κ3) is 4.24. The summed E-state index contributed by atoms with van der Waals surface area (Å²) in [4.78, 5) is 0. The van der Waals surface area contributed by atoms with Gasteiger partial charge in [-0.2, -0.15) is 0 Å². The van der Waals surface area contributed by atoms with Gasteiger partial charge in [0.05, 0.1) is 5.41 Å². The second-order valence-corrected chi connectivity index (χ2v) is 10.6. The van der Waals surface area contributed by atoms with Gasteiger partial charge in [0.15, 0.2) is 0 Å². The predicted molar refractivity (Wildman–Crippen MR) is 143 cm³/mol. The highest BCUT2D eigenvalue weighted by molar-refractivity contribution is 5.64. The molecule has 0 unspecified atom stereocenters. The number of allylic oxidation sites excluding steroid dienone is 4. The Morgan fingerprint density at radius 1 is 0.545 bits per heavy atom. The lowest BCUT2D eigenvalue weighted by Crippen LogP contribution is -2.33. The lowest BCUT2D eigenvalue weighted by molar-refractivity contribution is 0.672. The molecule has 0 aliphatic heterocycles. The average molecular weight is 435 g/mol. The molecule has 0 saturated heterocycles. The van der Waals surface area contributed by atoms with Crippen LogP contribution in [0.4, 0.5) is 0 Å². The van der Waals surface area contributed by atoms with Crippen LogP contribution in [-0.4, -0.2) is 0 Å². The van der Waals surface area contributed by atoms with Gasteiger partial charge in [-0.05, 0) is 81.7 Å². The highest BCUT2D eigenvalue weighted by Gasteiger charge is 2.42. The zero-order valence-corrected chi connectivity index (χ0v) is 21.6. The molecule has 0 N–H and O–H groups in total. The normalized spacial score (nSPS) is 14.0. The van der Waals surface area contributed by atoms with E-state index >= 15 is 0 Å². The van der Waals surface area contributed by atoms with Crippen molar-refractivity contribution in [3.05, 3.63) is 128 Å². The van der Waals surface area contributed by atoms with Crippen molar-refractivity contribution >= 4 is 0 Å². The molecule has 0 aromatic heterocycles. The highest BCUT2D eigenvalue weighted by atomic mass is 14.4. The van der Waals surface area contributed by atoms with Gasteiger partial charge in [0.25, 0.3) is 0 Å². The molecule has 0 bridgehead atoms. The number of hydrogen-bond donors (Lipinski definition) is 0. The van der Waals surface area contributed by atoms with E-state index in [1.165, 1.54) is 61.2 Å². The zero-order chi connectivity index (χ0) is 23.9. The fourth-order valence-electron chi connectivity index (χ4n) is 6.03. The highest BCUT2D eigenvalue weighted by Crippen LogP contribution is 2.51. The van der Waals surface area contributed by atoms with Gasteiger partial charge in [0, 0.05) is 0 Å². The van der Waals surface area contributed by atoms with Crippen LogP contribution in [-0.2, 0) is 5.41 Å². The largest absolute Gasteiger partial charge is 0.0801 e. The first-order chi connectivity index (χ1) is 15.6. The smallest absolute Gasteiger partial charge is 0.0670 e. The van der Waals surface area contributed by atoms with Crippen LogP contribution < -0.4 is 0 Å². The maximum absolute atomic E-state index is 2.42. The third-order valence-corrected chi connectivity index (χ3v) is 7.01. The Morgan fingerprint density at radius 3 is 1.18 bits per heavy atom. The van der Waals surface area contributed by atoms with Crippen LogP contribution in [0, 0.1) is 47.5 Å². The van der Waals surface area contributed by atoms with E-state index in [4.69, 9.17) is 0 Å². The van der Waals surface area contributed by atoms with E-state index < -0.39 is 0 Å². The maximum atomic E-state index is 2.42. The van der Waals surface area contributed by atoms with Crippen molar-refractivity contribution < 1.29 is 0 Å². The van der Waals surface area contributed by atoms with Crippen molar-refractivity contribution in [1.29, 1.82) is 0 Å². The summed E-state index contributed by atoms with van der Waals surface area (Å²) < 4.78 is 0. The minimum atomic E-state index is -0.326. The predicted octanol–water partition coefficient (Wildman–Crippen LogP) is 8.78. The van der Waals surface area contributed by atoms with Crippen LogP contribution in [0.5, 0.6) is 0 Å². The van der Waals surface area contributed by atoms with Crippen molar-refractivity contribution in [3.8, 4) is 0 Å². The Hall–Kier alpha value is -2.86. The van der Waals surface area contributed by atoms with E-state index in [1.54, 1.807) is 0 Å². The van der Waals surface area contributed by atoms with E-state index in [-0.39, 0.29) is 5.41 Å². The SMILES string of the molecule is Cc1cc(C)cc(C(C2=C(C(C)C)C=CC2)(c2cc(C)cc(C)c2)c2cc(C)cc(C)c2)c1. The molecule has 0 fully saturated rings. The van der Waals surface area contributed by atoms with Gasteiger partial charge in [-0.1, -0.05) is 114 Å². The molecule has 0 spiro atoms. The Bertz CT molecular complexity index is 1080. The van der Waals surface area contributed by atoms with Gasteiger partial charge in [-0.3, -0.25) is 0 Å². The van der Waals surface area contributed by atoms with E-state index in [0.29, 0.717) is 5.92 Å². The van der Waals surface area contributed by atoms with Crippen LogP contribution in [0.2, 0.25) is 0 Å². The first-order valence-corrected chi connectivity index (χ1v) is 12.3. The topological polar surface area (TPSA) is 0 Å². The van der Waals surface area contributed by atoms with Gasteiger partial charge < -0.3 is 0 Å². The fraction of sp³-hybridized carbons (Fsp3) is 0.333. The molecular weight excluding hydrogens is 396 g/mol. The summed E-state index contributed by atoms with van der Waals surface area (Å²) in [5, 5.41) is 0. The first-order valence-electron chi connectivity index (χ1n) is 12.3. The van der Waals surface area contributed by atoms with Gasteiger partial charge in [0.2, 0.25) is 0 Å². The van der Waals surface area contributed by atoms with Crippen LogP contribution >= 0.6 is 0 Å². The Labute approximate surface area is 201 Å². The van der Waals surface area contributed by atoms with Gasteiger partial charge in [0.1, 0.15) is 0 Å². The van der Waals surface area contributed by atoms with Crippen molar-refractivity contribution in [3.63, 3.8) is 0 Å². The minimum absolute atomic E-state index is 0.326. The van der Waals surface area contributed by atoms with Crippen LogP contribution in [0.15, 0.2) is 77.9 Å². The van der Waals surface area contributed by atoms with Crippen molar-refractivity contribution in [1.82, 2.24) is 0 Å². The lowest BCUT2D eigenvalue weighted by Gasteiger charge is -2.40. The molecule has 0 heterocycles. The summed E-state index contributed by atoms with van der Waals surface area (Å²) in [5.74, 6) is 0.473. The Kier molecular flexibility index (Phi) is 6.23. The van der Waals surface area contributed by atoms with Crippen LogP contribution in [0.3, 0.4) is 0 Å². The quantitative estimate of drug-likeness (QED) is 0.352. The van der Waals surface area contributed by atoms with Gasteiger partial charge in [-0.25, -0.2) is 0 Å². The summed E-state index contributed by atoms with van der Waals surface area (Å²) in [7, 11) is 0. The molecule has 0 heteroatoms. The van der Waals surface area contributed by atoms with E-state index in [2.05, 4.69) is 122 Å². The van der Waals surface area contributed by atoms with Crippen molar-refractivity contribution in [2.24, 2.45) is 5.92 Å². The second-order valence-electron chi connectivity index (χ2n) is 10.6. The summed E-state index contributed by atoms with van der Waals surface area (Å²) >= 11 is 0. The molecule has 0 radical (unpaired) electrons. The average Bonchev–Trinajstić information content (AvgIpc) is 3.17. The number of rotatable bonds is 5. The standard InChI is InChI=1S/C33H38/c1-21(2)31-10-9-11-32(31)33(28-15-22(3)12-23(4)16-28,29-17-24(5)13-25(6)18-29)30-19-26(7)14-27(8)20-30/h9-10,12-21H,11H2,1-8H3. The van der Waals surface area contributed by atoms with Crippen LogP contribution in [0.1, 0.15) is 70.3 Å². The summed E-state index contributed by atoms with van der Waals surface area (Å²) in [6.45, 7) is 18.1. The van der Waals surface area contributed by atoms with Crippen molar-refractivity contribution in [2.45, 2.75) is 67.2 Å². The monoisotopic (exact) mass is 434 g/mol. The molecule has 0 saturated carbocycles.